The van der Waals surface area contributed by atoms with Crippen LogP contribution in [0, 0.1) is 0 Å². The van der Waals surface area contributed by atoms with Crippen molar-refractivity contribution in [3.8, 4) is 5.75 Å². The number of halogens is 1. The van der Waals surface area contributed by atoms with Gasteiger partial charge in [0.1, 0.15) is 11.6 Å². The van der Waals surface area contributed by atoms with E-state index in [1.54, 1.807) is 13.2 Å². The first kappa shape index (κ1) is 15.2. The largest absolute Gasteiger partial charge is 0.497 e. The third-order valence-corrected chi connectivity index (χ3v) is 5.06. The Morgan fingerprint density at radius 3 is 2.83 bits per heavy atom. The zero-order valence-electron chi connectivity index (χ0n) is 13.1. The number of likely N-dealkylation sites (tertiary alicyclic amines) is 1. The zero-order valence-corrected chi connectivity index (χ0v) is 14.7. The van der Waals surface area contributed by atoms with Gasteiger partial charge in [0, 0.05) is 17.6 Å². The van der Waals surface area contributed by atoms with E-state index in [4.69, 9.17) is 4.74 Å². The standard InChI is InChI=1S/C18H16BrN3O2/c1-24-12-6-7-14(19)13(8-12)18(23)22-9-11(10-22)17-20-15-4-2-3-5-16(15)21-17/h2-8,11H,9-10H2,1H3,(H,20,21). The summed E-state index contributed by atoms with van der Waals surface area (Å²) in [4.78, 5) is 22.5. The molecule has 24 heavy (non-hydrogen) atoms. The van der Waals surface area contributed by atoms with Crippen molar-refractivity contribution in [3.63, 3.8) is 0 Å². The number of ether oxygens (including phenoxy) is 1. The van der Waals surface area contributed by atoms with E-state index in [0.717, 1.165) is 21.3 Å². The second-order valence-electron chi connectivity index (χ2n) is 5.89. The molecule has 0 atom stereocenters. The Hall–Kier alpha value is -2.34. The zero-order chi connectivity index (χ0) is 16.7. The number of aromatic amines is 1. The van der Waals surface area contributed by atoms with E-state index in [9.17, 15) is 4.79 Å². The predicted molar refractivity (Wildman–Crippen MR) is 95.4 cm³/mol. The Bertz CT molecular complexity index is 883. The highest BCUT2D eigenvalue weighted by atomic mass is 79.9. The summed E-state index contributed by atoms with van der Waals surface area (Å²) in [5.74, 6) is 1.89. The van der Waals surface area contributed by atoms with Gasteiger partial charge in [-0.15, -0.1) is 0 Å². The summed E-state index contributed by atoms with van der Waals surface area (Å²) < 4.78 is 5.99. The second kappa shape index (κ2) is 5.94. The van der Waals surface area contributed by atoms with Crippen molar-refractivity contribution in [1.82, 2.24) is 14.9 Å². The maximum absolute atomic E-state index is 12.7. The number of amides is 1. The molecule has 0 spiro atoms. The molecule has 1 aromatic heterocycles. The van der Waals surface area contributed by atoms with Gasteiger partial charge in [-0.1, -0.05) is 12.1 Å². The van der Waals surface area contributed by atoms with Crippen molar-refractivity contribution >= 4 is 32.9 Å². The fourth-order valence-corrected chi connectivity index (χ4v) is 3.37. The molecule has 6 heteroatoms. The monoisotopic (exact) mass is 385 g/mol. The number of carbonyl (C=O) groups is 1. The smallest absolute Gasteiger partial charge is 0.255 e. The molecule has 1 aliphatic rings. The molecule has 0 aliphatic carbocycles. The van der Waals surface area contributed by atoms with Crippen LogP contribution in [0.1, 0.15) is 22.1 Å². The predicted octanol–water partition coefficient (Wildman–Crippen LogP) is 3.57. The maximum Gasteiger partial charge on any atom is 0.255 e. The van der Waals surface area contributed by atoms with Gasteiger partial charge in [0.25, 0.3) is 5.91 Å². The van der Waals surface area contributed by atoms with Crippen molar-refractivity contribution in [2.45, 2.75) is 5.92 Å². The first-order chi connectivity index (χ1) is 11.7. The molecule has 5 nitrogen and oxygen atoms in total. The Morgan fingerprint density at radius 1 is 1.29 bits per heavy atom. The quantitative estimate of drug-likeness (QED) is 0.749. The molecular weight excluding hydrogens is 370 g/mol. The number of fused-ring (bicyclic) bond motifs is 1. The molecule has 3 aromatic rings. The molecule has 0 unspecified atom stereocenters. The lowest BCUT2D eigenvalue weighted by molar-refractivity contribution is 0.0594. The molecule has 0 radical (unpaired) electrons. The lowest BCUT2D eigenvalue weighted by atomic mass is 9.98. The lowest BCUT2D eigenvalue weighted by Crippen LogP contribution is -2.48. The van der Waals surface area contributed by atoms with E-state index >= 15 is 0 Å². The molecule has 4 rings (SSSR count). The first-order valence-electron chi connectivity index (χ1n) is 7.73. The van der Waals surface area contributed by atoms with Crippen LogP contribution in [0.4, 0.5) is 0 Å². The van der Waals surface area contributed by atoms with Gasteiger partial charge in [-0.2, -0.15) is 0 Å². The summed E-state index contributed by atoms with van der Waals surface area (Å²) in [6, 6.07) is 13.4. The molecule has 2 heterocycles. The number of nitrogens with zero attached hydrogens (tertiary/aromatic N) is 2. The fraction of sp³-hybridized carbons (Fsp3) is 0.222. The number of para-hydroxylation sites is 2. The van der Waals surface area contributed by atoms with Crippen LogP contribution < -0.4 is 4.74 Å². The third kappa shape index (κ3) is 2.57. The number of rotatable bonds is 3. The lowest BCUT2D eigenvalue weighted by Gasteiger charge is -2.38. The van der Waals surface area contributed by atoms with Gasteiger partial charge in [-0.25, -0.2) is 4.98 Å². The van der Waals surface area contributed by atoms with Gasteiger partial charge in [0.15, 0.2) is 0 Å². The molecule has 1 aliphatic heterocycles. The van der Waals surface area contributed by atoms with Crippen molar-refractivity contribution in [1.29, 1.82) is 0 Å². The van der Waals surface area contributed by atoms with E-state index in [-0.39, 0.29) is 11.8 Å². The molecule has 2 aromatic carbocycles. The van der Waals surface area contributed by atoms with Crippen LogP contribution >= 0.6 is 15.9 Å². The van der Waals surface area contributed by atoms with Gasteiger partial charge in [0.05, 0.1) is 29.6 Å². The van der Waals surface area contributed by atoms with E-state index in [0.29, 0.717) is 24.4 Å². The summed E-state index contributed by atoms with van der Waals surface area (Å²) >= 11 is 3.44. The van der Waals surface area contributed by atoms with Crippen LogP contribution in [-0.2, 0) is 0 Å². The molecule has 1 N–H and O–H groups in total. The highest BCUT2D eigenvalue weighted by Gasteiger charge is 2.34. The van der Waals surface area contributed by atoms with Gasteiger partial charge in [0.2, 0.25) is 0 Å². The van der Waals surface area contributed by atoms with Gasteiger partial charge >= 0.3 is 0 Å². The van der Waals surface area contributed by atoms with Gasteiger partial charge in [-0.05, 0) is 46.3 Å². The van der Waals surface area contributed by atoms with Crippen LogP contribution in [0.25, 0.3) is 11.0 Å². The number of carbonyl (C=O) groups excluding carboxylic acids is 1. The van der Waals surface area contributed by atoms with Crippen molar-refractivity contribution in [2.75, 3.05) is 20.2 Å². The number of benzene rings is 2. The normalized spacial score (nSPS) is 14.7. The number of hydrogen-bond donors (Lipinski definition) is 1. The minimum atomic E-state index is 0.00753. The Morgan fingerprint density at radius 2 is 2.08 bits per heavy atom. The second-order valence-corrected chi connectivity index (χ2v) is 6.75. The molecule has 0 saturated carbocycles. The van der Waals surface area contributed by atoms with Crippen molar-refractivity contribution in [2.24, 2.45) is 0 Å². The Balaban J connectivity index is 1.50. The van der Waals surface area contributed by atoms with E-state index < -0.39 is 0 Å². The van der Waals surface area contributed by atoms with E-state index in [1.165, 1.54) is 0 Å². The third-order valence-electron chi connectivity index (χ3n) is 4.37. The Labute approximate surface area is 147 Å². The minimum absolute atomic E-state index is 0.00753. The highest BCUT2D eigenvalue weighted by molar-refractivity contribution is 9.10. The number of methoxy groups -OCH3 is 1. The summed E-state index contributed by atoms with van der Waals surface area (Å²) in [7, 11) is 1.60. The average molecular weight is 386 g/mol. The molecule has 1 fully saturated rings. The van der Waals surface area contributed by atoms with Gasteiger partial charge in [-0.3, -0.25) is 4.79 Å². The maximum atomic E-state index is 12.7. The highest BCUT2D eigenvalue weighted by Crippen LogP contribution is 2.30. The summed E-state index contributed by atoms with van der Waals surface area (Å²) in [5, 5.41) is 0. The topological polar surface area (TPSA) is 58.2 Å². The first-order valence-corrected chi connectivity index (χ1v) is 8.52. The fourth-order valence-electron chi connectivity index (χ4n) is 2.95. The molecule has 1 amide bonds. The van der Waals surface area contributed by atoms with Crippen LogP contribution in [0.5, 0.6) is 5.75 Å². The molecular formula is C18H16BrN3O2. The van der Waals surface area contributed by atoms with Crippen LogP contribution in [0.2, 0.25) is 0 Å². The average Bonchev–Trinajstić information content (AvgIpc) is 2.97. The molecule has 1 saturated heterocycles. The van der Waals surface area contributed by atoms with Crippen LogP contribution in [0.15, 0.2) is 46.9 Å². The summed E-state index contributed by atoms with van der Waals surface area (Å²) in [6.07, 6.45) is 0. The Kier molecular flexibility index (Phi) is 3.76. The van der Waals surface area contributed by atoms with E-state index in [1.807, 2.05) is 41.3 Å². The number of H-pyrrole nitrogens is 1. The van der Waals surface area contributed by atoms with Crippen LogP contribution in [-0.4, -0.2) is 41.0 Å². The summed E-state index contributed by atoms with van der Waals surface area (Å²) in [6.45, 7) is 1.34. The van der Waals surface area contributed by atoms with E-state index in [2.05, 4.69) is 25.9 Å². The number of imidazole rings is 1. The van der Waals surface area contributed by atoms with Crippen molar-refractivity contribution < 1.29 is 9.53 Å². The molecule has 0 bridgehead atoms. The minimum Gasteiger partial charge on any atom is -0.497 e. The number of aromatic nitrogens is 2. The SMILES string of the molecule is COc1ccc(Br)c(C(=O)N2CC(c3nc4ccccc4[nH]3)C2)c1. The van der Waals surface area contributed by atoms with Gasteiger partial charge < -0.3 is 14.6 Å². The number of hydrogen-bond acceptors (Lipinski definition) is 3. The summed E-state index contributed by atoms with van der Waals surface area (Å²) in [5.41, 5.74) is 2.62. The van der Waals surface area contributed by atoms with Crippen molar-refractivity contribution in [3.05, 3.63) is 58.3 Å². The molecule has 122 valence electrons. The van der Waals surface area contributed by atoms with Crippen LogP contribution in [0.3, 0.4) is 0 Å². The number of nitrogens with one attached hydrogen (secondary N) is 1.